The van der Waals surface area contributed by atoms with Crippen LogP contribution in [0.25, 0.3) is 11.4 Å². The molecule has 3 aromatic rings. The molecule has 0 aliphatic heterocycles. The van der Waals surface area contributed by atoms with E-state index in [0.29, 0.717) is 23.0 Å². The quantitative estimate of drug-likeness (QED) is 0.690. The van der Waals surface area contributed by atoms with Crippen LogP contribution < -0.4 is 5.73 Å². The maximum atomic E-state index is 5.99. The van der Waals surface area contributed by atoms with Gasteiger partial charge in [0, 0.05) is 22.1 Å². The van der Waals surface area contributed by atoms with Crippen LogP contribution in [0.2, 0.25) is 5.02 Å². The Morgan fingerprint density at radius 1 is 1.19 bits per heavy atom. The Balaban J connectivity index is 1.83. The van der Waals surface area contributed by atoms with E-state index in [9.17, 15) is 0 Å². The highest BCUT2D eigenvalue weighted by Crippen LogP contribution is 2.24. The van der Waals surface area contributed by atoms with Crippen molar-refractivity contribution in [1.82, 2.24) is 15.2 Å². The number of aromatic nitrogens is 3. The zero-order chi connectivity index (χ0) is 14.8. The molecule has 4 nitrogen and oxygen atoms in total. The minimum atomic E-state index is 0.644. The molecule has 0 fully saturated rings. The van der Waals surface area contributed by atoms with E-state index in [1.807, 2.05) is 42.5 Å². The second-order valence-electron chi connectivity index (χ2n) is 4.66. The Hall–Kier alpha value is -1.85. The van der Waals surface area contributed by atoms with Crippen molar-refractivity contribution in [2.75, 3.05) is 5.73 Å². The highest BCUT2D eigenvalue weighted by atomic mass is 79.9. The highest BCUT2D eigenvalue weighted by molar-refractivity contribution is 9.10. The smallest absolute Gasteiger partial charge is 0.181 e. The molecule has 6 heteroatoms. The first-order valence-electron chi connectivity index (χ1n) is 6.33. The number of anilines is 1. The summed E-state index contributed by atoms with van der Waals surface area (Å²) in [6.07, 6.45) is 0.658. The van der Waals surface area contributed by atoms with Crippen LogP contribution in [0.4, 0.5) is 5.69 Å². The molecule has 1 heterocycles. The van der Waals surface area contributed by atoms with Crippen LogP contribution in [0.3, 0.4) is 0 Å². The van der Waals surface area contributed by atoms with Gasteiger partial charge in [0.2, 0.25) is 0 Å². The normalized spacial score (nSPS) is 10.8. The molecule has 0 unspecified atom stereocenters. The van der Waals surface area contributed by atoms with E-state index >= 15 is 0 Å². The first-order valence-corrected chi connectivity index (χ1v) is 7.50. The van der Waals surface area contributed by atoms with Crippen LogP contribution in [0.1, 0.15) is 11.4 Å². The molecule has 0 bridgehead atoms. The molecular weight excluding hydrogens is 352 g/mol. The molecule has 0 radical (unpaired) electrons. The van der Waals surface area contributed by atoms with Crippen molar-refractivity contribution in [2.24, 2.45) is 0 Å². The van der Waals surface area contributed by atoms with Gasteiger partial charge in [-0.05, 0) is 45.8 Å². The van der Waals surface area contributed by atoms with Crippen LogP contribution >= 0.6 is 27.5 Å². The number of halogens is 2. The van der Waals surface area contributed by atoms with Crippen LogP contribution in [0.5, 0.6) is 0 Å². The zero-order valence-electron chi connectivity index (χ0n) is 11.0. The van der Waals surface area contributed by atoms with E-state index in [-0.39, 0.29) is 0 Å². The average Bonchev–Trinajstić information content (AvgIpc) is 2.91. The second-order valence-corrected chi connectivity index (χ2v) is 5.92. The first kappa shape index (κ1) is 14.1. The Morgan fingerprint density at radius 2 is 2.05 bits per heavy atom. The van der Waals surface area contributed by atoms with Gasteiger partial charge < -0.3 is 5.73 Å². The highest BCUT2D eigenvalue weighted by Gasteiger charge is 2.08. The Labute approximate surface area is 135 Å². The van der Waals surface area contributed by atoms with Crippen LogP contribution in [-0.4, -0.2) is 15.2 Å². The lowest BCUT2D eigenvalue weighted by molar-refractivity contribution is 0.972. The number of benzene rings is 2. The fourth-order valence-electron chi connectivity index (χ4n) is 2.02. The number of hydrogen-bond donors (Lipinski definition) is 2. The van der Waals surface area contributed by atoms with Gasteiger partial charge in [0.05, 0.1) is 5.02 Å². The lowest BCUT2D eigenvalue weighted by Gasteiger charge is -2.00. The summed E-state index contributed by atoms with van der Waals surface area (Å²) >= 11 is 9.41. The predicted octanol–water partition coefficient (Wildman–Crippen LogP) is 4.06. The lowest BCUT2D eigenvalue weighted by Crippen LogP contribution is -1.91. The number of aromatic amines is 1. The van der Waals surface area contributed by atoms with Gasteiger partial charge in [-0.15, -0.1) is 0 Å². The van der Waals surface area contributed by atoms with E-state index in [4.69, 9.17) is 17.3 Å². The standard InChI is InChI=1S/C15H12BrClN4/c16-12-6-9(4-5-13(12)17)7-14-19-15(21-20-14)10-2-1-3-11(18)8-10/h1-6,8H,7,18H2,(H,19,20,21). The average molecular weight is 364 g/mol. The largest absolute Gasteiger partial charge is 0.399 e. The van der Waals surface area contributed by atoms with Crippen molar-refractivity contribution < 1.29 is 0 Å². The zero-order valence-corrected chi connectivity index (χ0v) is 13.3. The van der Waals surface area contributed by atoms with E-state index < -0.39 is 0 Å². The van der Waals surface area contributed by atoms with Crippen molar-refractivity contribution >= 4 is 33.2 Å². The number of rotatable bonds is 3. The van der Waals surface area contributed by atoms with Gasteiger partial charge in [0.25, 0.3) is 0 Å². The SMILES string of the molecule is Nc1cccc(-c2n[nH]c(Cc3ccc(Cl)c(Br)c3)n2)c1. The topological polar surface area (TPSA) is 67.6 Å². The van der Waals surface area contributed by atoms with Crippen LogP contribution in [0.15, 0.2) is 46.9 Å². The number of nitrogen functional groups attached to an aromatic ring is 1. The van der Waals surface area contributed by atoms with E-state index in [1.54, 1.807) is 0 Å². The van der Waals surface area contributed by atoms with E-state index in [2.05, 4.69) is 31.1 Å². The molecule has 3 N–H and O–H groups in total. The number of H-pyrrole nitrogens is 1. The van der Waals surface area contributed by atoms with Crippen molar-refractivity contribution in [3.63, 3.8) is 0 Å². The second kappa shape index (κ2) is 5.87. The number of nitrogens with zero attached hydrogens (tertiary/aromatic N) is 2. The Kier molecular flexibility index (Phi) is 3.94. The third-order valence-electron chi connectivity index (χ3n) is 3.03. The summed E-state index contributed by atoms with van der Waals surface area (Å²) in [5, 5.41) is 7.88. The molecule has 0 saturated carbocycles. The molecule has 106 valence electrons. The first-order chi connectivity index (χ1) is 10.1. The molecule has 0 aliphatic carbocycles. The summed E-state index contributed by atoms with van der Waals surface area (Å²) < 4.78 is 0.872. The molecule has 0 spiro atoms. The monoisotopic (exact) mass is 362 g/mol. The molecule has 21 heavy (non-hydrogen) atoms. The third-order valence-corrected chi connectivity index (χ3v) is 4.25. The molecule has 0 aliphatic rings. The number of nitrogens with two attached hydrogens (primary N) is 1. The summed E-state index contributed by atoms with van der Waals surface area (Å²) in [4.78, 5) is 4.50. The van der Waals surface area contributed by atoms with Gasteiger partial charge in [-0.1, -0.05) is 29.8 Å². The van der Waals surface area contributed by atoms with E-state index in [1.165, 1.54) is 0 Å². The number of hydrogen-bond acceptors (Lipinski definition) is 3. The molecule has 3 rings (SSSR count). The van der Waals surface area contributed by atoms with Gasteiger partial charge in [-0.2, -0.15) is 5.10 Å². The van der Waals surface area contributed by atoms with Gasteiger partial charge >= 0.3 is 0 Å². The van der Waals surface area contributed by atoms with Gasteiger partial charge in [0.1, 0.15) is 5.82 Å². The summed E-state index contributed by atoms with van der Waals surface area (Å²) in [7, 11) is 0. The van der Waals surface area contributed by atoms with Crippen molar-refractivity contribution in [2.45, 2.75) is 6.42 Å². The molecule has 0 atom stereocenters. The lowest BCUT2D eigenvalue weighted by atomic mass is 10.1. The van der Waals surface area contributed by atoms with Crippen LogP contribution in [-0.2, 0) is 6.42 Å². The maximum absolute atomic E-state index is 5.99. The molecule has 0 amide bonds. The van der Waals surface area contributed by atoms with Crippen molar-refractivity contribution in [1.29, 1.82) is 0 Å². The van der Waals surface area contributed by atoms with E-state index in [0.717, 1.165) is 21.4 Å². The predicted molar refractivity (Wildman–Crippen MR) is 88.2 cm³/mol. The fraction of sp³-hybridized carbons (Fsp3) is 0.0667. The minimum Gasteiger partial charge on any atom is -0.399 e. The Bertz CT molecular complexity index is 785. The van der Waals surface area contributed by atoms with Crippen molar-refractivity contribution in [3.8, 4) is 11.4 Å². The molecule has 1 aromatic heterocycles. The van der Waals surface area contributed by atoms with Gasteiger partial charge in [0.15, 0.2) is 5.82 Å². The van der Waals surface area contributed by atoms with Gasteiger partial charge in [-0.3, -0.25) is 5.10 Å². The van der Waals surface area contributed by atoms with Crippen LogP contribution in [0, 0.1) is 0 Å². The summed E-state index contributed by atoms with van der Waals surface area (Å²) in [6, 6.07) is 13.3. The number of nitrogens with one attached hydrogen (secondary N) is 1. The van der Waals surface area contributed by atoms with Gasteiger partial charge in [-0.25, -0.2) is 4.98 Å². The fourth-order valence-corrected chi connectivity index (χ4v) is 2.57. The summed E-state index contributed by atoms with van der Waals surface area (Å²) in [5.41, 5.74) is 8.47. The minimum absolute atomic E-state index is 0.644. The summed E-state index contributed by atoms with van der Waals surface area (Å²) in [6.45, 7) is 0. The summed E-state index contributed by atoms with van der Waals surface area (Å²) in [5.74, 6) is 1.44. The maximum Gasteiger partial charge on any atom is 0.181 e. The Morgan fingerprint density at radius 3 is 2.81 bits per heavy atom. The van der Waals surface area contributed by atoms with Crippen molar-refractivity contribution in [3.05, 3.63) is 63.3 Å². The molecule has 0 saturated heterocycles. The third kappa shape index (κ3) is 3.25. The molecule has 2 aromatic carbocycles. The molecular formula is C15H12BrClN4.